The molecule has 0 spiro atoms. The van der Waals surface area contributed by atoms with E-state index >= 15 is 0 Å². The van der Waals surface area contributed by atoms with E-state index in [9.17, 15) is 58.2 Å². The number of esters is 2. The number of phosphoric acid groups is 3. The van der Waals surface area contributed by atoms with Crippen LogP contribution >= 0.6 is 23.5 Å². The number of hydrogen-bond acceptors (Lipinski definition) is 17. The summed E-state index contributed by atoms with van der Waals surface area (Å²) < 4.78 is 106. The summed E-state index contributed by atoms with van der Waals surface area (Å²) in [5, 5.41) is 31.8. The predicted octanol–water partition coefficient (Wildman–Crippen LogP) is -2.93. The van der Waals surface area contributed by atoms with Gasteiger partial charge in [0.25, 0.3) is 23.5 Å². The molecule has 0 aromatic carbocycles. The number of phosphoric ester groups is 3. The average Bonchev–Trinajstić information content (AvgIpc) is 3.21. The summed E-state index contributed by atoms with van der Waals surface area (Å²) in [4.78, 5) is 80.6. The maximum absolute atomic E-state index is 13.3. The molecule has 1 saturated carbocycles. The van der Waals surface area contributed by atoms with Gasteiger partial charge in [-0.15, -0.1) is 0 Å². The van der Waals surface area contributed by atoms with Gasteiger partial charge in [-0.2, -0.15) is 0 Å². The zero-order valence-corrected chi connectivity index (χ0v) is 48.7. The largest absolute Gasteiger partial charge is 1.00 e. The first kappa shape index (κ1) is 62.4. The summed E-state index contributed by atoms with van der Waals surface area (Å²) in [7, 11) is -18.6. The summed E-state index contributed by atoms with van der Waals surface area (Å²) >= 11 is 0. The quantitative estimate of drug-likeness (QED) is 0.0178. The first-order valence-corrected chi connectivity index (χ1v) is 27.2. The summed E-state index contributed by atoms with van der Waals surface area (Å²) in [6.07, 6.45) is 2.86. The topological polar surface area (TPSA) is 311 Å². The van der Waals surface area contributed by atoms with Crippen LogP contribution < -0.4 is 103 Å². The van der Waals surface area contributed by atoms with Crippen molar-refractivity contribution in [3.63, 3.8) is 0 Å². The van der Waals surface area contributed by atoms with Crippen LogP contribution in [0.2, 0.25) is 0 Å². The Hall–Kier alpha value is 2.15. The third-order valence-electron chi connectivity index (χ3n) is 10.5. The van der Waals surface area contributed by atoms with Crippen molar-refractivity contribution in [1.29, 1.82) is 0 Å². The molecule has 0 bridgehead atoms. The Morgan fingerprint density at radius 2 is 0.833 bits per heavy atom. The van der Waals surface area contributed by atoms with Gasteiger partial charge in [-0.05, 0) is 12.8 Å². The van der Waals surface area contributed by atoms with E-state index in [0.29, 0.717) is 19.3 Å². The predicted molar refractivity (Wildman–Crippen MR) is 227 cm³/mol. The number of carbonyl (C=O) groups excluding carboxylic acids is 2. The third-order valence-corrected chi connectivity index (χ3v) is 12.3. The van der Waals surface area contributed by atoms with Gasteiger partial charge in [-0.1, -0.05) is 168 Å². The van der Waals surface area contributed by atoms with Crippen molar-refractivity contribution in [1.82, 2.24) is 0 Å². The molecule has 374 valence electrons. The molecule has 1 aliphatic rings. The number of aliphatic hydroxyl groups is 3. The molecule has 1 aliphatic carbocycles. The van der Waals surface area contributed by atoms with Crippen molar-refractivity contribution in [2.75, 3.05) is 13.1 Å². The molecule has 5 N–H and O–H groups in total. The molecule has 0 radical (unpaired) electrons. The minimum atomic E-state index is -6.61. The molecule has 19 nitrogen and oxygen atoms in total. The number of aliphatic hydroxyl groups excluding tert-OH is 3. The molecular formula is C41H78Na3O19P3. The monoisotopic (exact) mass is 1040 g/mol. The van der Waals surface area contributed by atoms with E-state index in [1.165, 1.54) is 64.2 Å². The van der Waals surface area contributed by atoms with Crippen LogP contribution in [0.5, 0.6) is 0 Å². The molecule has 4 unspecified atom stereocenters. The number of hydrogen-bond donors (Lipinski definition) is 5. The van der Waals surface area contributed by atoms with Crippen LogP contribution in [-0.4, -0.2) is 92.9 Å². The normalized spacial score (nSPS) is 24.6. The number of unbranched alkanes of at least 4 members (excludes halogenated alkanes) is 24. The Bertz CT molecular complexity index is 1590. The van der Waals surface area contributed by atoms with E-state index in [1.54, 1.807) is 0 Å². The fraction of sp³-hybridized carbons (Fsp3) is 0.951. The minimum Gasteiger partial charge on any atom is -0.756 e. The summed E-state index contributed by atoms with van der Waals surface area (Å²) in [6, 6.07) is 0. The van der Waals surface area contributed by atoms with Gasteiger partial charge in [0, 0.05) is 12.8 Å². The van der Waals surface area contributed by atoms with E-state index in [1.807, 2.05) is 0 Å². The second-order valence-corrected chi connectivity index (χ2v) is 19.7. The van der Waals surface area contributed by atoms with Crippen LogP contribution in [0.3, 0.4) is 0 Å². The van der Waals surface area contributed by atoms with E-state index in [0.717, 1.165) is 70.6 Å². The standard InChI is InChI=1S/C41H81O19P3.3Na/c1-3-5-7-9-11-13-15-17-19-21-23-25-27-29-34(42)55-31-33(57-35(43)30-28-26-24-22-20-18-16-14-12-10-8-6-4-2)32-56-63(53,54)60-39-36(44)37(45)40(58-61(47,48)49)41(38(39)46)59-62(50,51)52;;;/h33,36-41,44-46H,3-32H2,1-2H3,(H,53,54)(H2,47,48,49)(H2,50,51,52);;;/q;3*+1/p-3/t33?,36-,37+,38+,39-,40-,41-;;;/m1.../s1/i31D2,32D2,33D;;;. The fourth-order valence-corrected chi connectivity index (χ4v) is 8.96. The van der Waals surface area contributed by atoms with Crippen LogP contribution in [0.4, 0.5) is 0 Å². The van der Waals surface area contributed by atoms with Crippen molar-refractivity contribution in [3.05, 3.63) is 0 Å². The smallest absolute Gasteiger partial charge is 0.756 e. The maximum Gasteiger partial charge on any atom is 1.00 e. The third kappa shape index (κ3) is 37.8. The first-order chi connectivity index (χ1) is 31.6. The van der Waals surface area contributed by atoms with Crippen LogP contribution in [0, 0.1) is 0 Å². The second-order valence-electron chi connectivity index (χ2n) is 16.1. The Labute approximate surface area is 467 Å². The number of ether oxygens (including phenoxy) is 2. The summed E-state index contributed by atoms with van der Waals surface area (Å²) in [6.45, 7) is -4.10. The molecule has 0 heterocycles. The van der Waals surface area contributed by atoms with E-state index in [-0.39, 0.29) is 102 Å². The van der Waals surface area contributed by atoms with Crippen LogP contribution in [0.1, 0.15) is 200 Å². The summed E-state index contributed by atoms with van der Waals surface area (Å²) in [5.74, 6) is -2.73. The SMILES string of the molecule is [2H]C([2H])(OC(=O)CCCCCCCCCCCCCCC)C([2H])(OC(=O)CCCCCCCCCCCCCCC)C([2H])([2H])OP(=O)([O-])O[C@@H]1[C@H](O)[C@H](O)[C@@H](OP(=O)([O-])O)[C@H](OP(=O)([O-])O)[C@H]1O.[Na+].[Na+].[Na+]. The van der Waals surface area contributed by atoms with Crippen molar-refractivity contribution in [2.45, 2.75) is 236 Å². The molecular weight excluding hydrogens is 958 g/mol. The number of rotatable bonds is 40. The molecule has 25 heteroatoms. The maximum atomic E-state index is 13.3. The minimum absolute atomic E-state index is 0. The Balaban J connectivity index is -0.0000154. The second kappa shape index (κ2) is 42.5. The van der Waals surface area contributed by atoms with Gasteiger partial charge in [-0.3, -0.25) is 23.3 Å². The van der Waals surface area contributed by atoms with Crippen molar-refractivity contribution < 1.29 is 186 Å². The summed E-state index contributed by atoms with van der Waals surface area (Å²) in [5.41, 5.74) is 0. The van der Waals surface area contributed by atoms with Crippen LogP contribution in [0.25, 0.3) is 0 Å². The fourth-order valence-electron chi connectivity index (χ4n) is 7.07. The molecule has 1 rings (SSSR count). The molecule has 0 aromatic rings. The van der Waals surface area contributed by atoms with Crippen LogP contribution in [-0.2, 0) is 50.9 Å². The first-order valence-electron chi connectivity index (χ1n) is 25.3. The molecule has 0 saturated heterocycles. The van der Waals surface area contributed by atoms with Gasteiger partial charge >= 0.3 is 101 Å². The van der Waals surface area contributed by atoms with Gasteiger partial charge in [-0.25, -0.2) is 0 Å². The van der Waals surface area contributed by atoms with Gasteiger partial charge in [0.15, 0.2) is 6.08 Å². The zero-order valence-electron chi connectivity index (χ0n) is 45.1. The van der Waals surface area contributed by atoms with Gasteiger partial charge in [0.2, 0.25) is 0 Å². The zero-order chi connectivity index (χ0) is 51.7. The van der Waals surface area contributed by atoms with E-state index < -0.39 is 104 Å². The molecule has 66 heavy (non-hydrogen) atoms. The average molecular weight is 1040 g/mol. The van der Waals surface area contributed by atoms with Gasteiger partial charge in [0.05, 0.1) is 13.4 Å². The Morgan fingerprint density at radius 1 is 0.515 bits per heavy atom. The molecule has 10 atom stereocenters. The van der Waals surface area contributed by atoms with Gasteiger partial charge in [0.1, 0.15) is 43.2 Å². The molecule has 0 aromatic heterocycles. The van der Waals surface area contributed by atoms with Crippen molar-refractivity contribution in [2.24, 2.45) is 0 Å². The van der Waals surface area contributed by atoms with Crippen LogP contribution in [0.15, 0.2) is 0 Å². The Kier molecular flexibility index (Phi) is 40.2. The Morgan fingerprint density at radius 3 is 1.20 bits per heavy atom. The van der Waals surface area contributed by atoms with Crippen molar-refractivity contribution >= 4 is 35.4 Å². The van der Waals surface area contributed by atoms with Gasteiger partial charge < -0.3 is 67.4 Å². The van der Waals surface area contributed by atoms with E-state index in [2.05, 4.69) is 31.9 Å². The molecule has 0 aliphatic heterocycles. The molecule has 0 amide bonds. The van der Waals surface area contributed by atoms with E-state index in [4.69, 9.17) is 21.2 Å². The van der Waals surface area contributed by atoms with Crippen molar-refractivity contribution in [3.8, 4) is 0 Å². The number of carbonyl (C=O) groups is 2. The molecule has 1 fully saturated rings.